The van der Waals surface area contributed by atoms with Crippen LogP contribution in [0.3, 0.4) is 0 Å². The van der Waals surface area contributed by atoms with Gasteiger partial charge in [0.05, 0.1) is 6.61 Å². The normalized spacial score (nSPS) is 19.2. The highest BCUT2D eigenvalue weighted by Gasteiger charge is 2.50. The minimum Gasteiger partial charge on any atom is -0.479 e. The van der Waals surface area contributed by atoms with Gasteiger partial charge in [0.25, 0.3) is 0 Å². The number of ether oxygens (including phenoxy) is 5. The number of aliphatic hydroxyl groups excluding tert-OH is 2. The second kappa shape index (κ2) is 48.3. The van der Waals surface area contributed by atoms with Crippen LogP contribution in [0, 0.1) is 0 Å². The van der Waals surface area contributed by atoms with Crippen molar-refractivity contribution >= 4 is 23.9 Å². The predicted octanol–water partition coefficient (Wildman–Crippen LogP) is 13.9. The maximum absolute atomic E-state index is 13.1. The van der Waals surface area contributed by atoms with Gasteiger partial charge in [0, 0.05) is 19.3 Å². The van der Waals surface area contributed by atoms with Crippen LogP contribution in [0.25, 0.3) is 0 Å². The number of aliphatic hydroxyl groups is 2. The van der Waals surface area contributed by atoms with Crippen LogP contribution in [0.15, 0.2) is 109 Å². The van der Waals surface area contributed by atoms with Gasteiger partial charge >= 0.3 is 23.9 Å². The minimum absolute atomic E-state index is 0.0256. The van der Waals surface area contributed by atoms with E-state index in [-0.39, 0.29) is 25.9 Å². The molecular formula is C61H96O12. The zero-order valence-corrected chi connectivity index (χ0v) is 45.1. The van der Waals surface area contributed by atoms with E-state index in [0.717, 1.165) is 122 Å². The van der Waals surface area contributed by atoms with Gasteiger partial charge in [-0.1, -0.05) is 182 Å². The number of carbonyl (C=O) groups is 4. The molecule has 1 heterocycles. The second-order valence-corrected chi connectivity index (χ2v) is 18.4. The average molecular weight is 1020 g/mol. The number of hydrogen-bond donors (Lipinski definition) is 3. The zero-order chi connectivity index (χ0) is 53.3. The number of carboxylic acids is 1. The highest BCUT2D eigenvalue weighted by Crippen LogP contribution is 2.26. The largest absolute Gasteiger partial charge is 0.479 e. The van der Waals surface area contributed by atoms with Crippen molar-refractivity contribution in [1.82, 2.24) is 0 Å². The highest BCUT2D eigenvalue weighted by molar-refractivity contribution is 5.74. The van der Waals surface area contributed by atoms with Gasteiger partial charge in [-0.15, -0.1) is 0 Å². The van der Waals surface area contributed by atoms with Crippen LogP contribution in [0.5, 0.6) is 0 Å². The average Bonchev–Trinajstić information content (AvgIpc) is 3.37. The Balaban J connectivity index is 2.75. The number of carbonyl (C=O) groups excluding carboxylic acids is 3. The molecule has 12 heteroatoms. The molecule has 0 radical (unpaired) electrons. The van der Waals surface area contributed by atoms with Crippen LogP contribution >= 0.6 is 0 Å². The molecule has 1 aliphatic heterocycles. The van der Waals surface area contributed by atoms with E-state index in [2.05, 4.69) is 118 Å². The van der Waals surface area contributed by atoms with Crippen molar-refractivity contribution < 1.29 is 58.2 Å². The Bertz CT molecular complexity index is 1690. The lowest BCUT2D eigenvalue weighted by molar-refractivity contribution is -0.301. The Kier molecular flexibility index (Phi) is 44.0. The molecule has 0 spiro atoms. The lowest BCUT2D eigenvalue weighted by Gasteiger charge is -2.40. The van der Waals surface area contributed by atoms with Crippen molar-refractivity contribution in [3.63, 3.8) is 0 Å². The quantitative estimate of drug-likeness (QED) is 0.0228. The first-order valence-electron chi connectivity index (χ1n) is 27.9. The van der Waals surface area contributed by atoms with Gasteiger partial charge in [-0.25, -0.2) is 4.79 Å². The second-order valence-electron chi connectivity index (χ2n) is 18.4. The summed E-state index contributed by atoms with van der Waals surface area (Å²) in [6.07, 6.45) is 52.2. The fourth-order valence-corrected chi connectivity index (χ4v) is 7.57. The molecule has 0 bridgehead atoms. The predicted molar refractivity (Wildman–Crippen MR) is 294 cm³/mol. The van der Waals surface area contributed by atoms with E-state index < -0.39 is 67.3 Å². The molecule has 0 aromatic heterocycles. The number of rotatable bonds is 45. The molecule has 12 nitrogen and oxygen atoms in total. The lowest BCUT2D eigenvalue weighted by Crippen LogP contribution is -2.61. The number of aliphatic carboxylic acids is 1. The third kappa shape index (κ3) is 38.6. The topological polar surface area (TPSA) is 175 Å². The number of hydrogen-bond acceptors (Lipinski definition) is 11. The Morgan fingerprint density at radius 2 is 0.877 bits per heavy atom. The molecule has 73 heavy (non-hydrogen) atoms. The molecule has 6 unspecified atom stereocenters. The lowest BCUT2D eigenvalue weighted by atomic mass is 9.98. The summed E-state index contributed by atoms with van der Waals surface area (Å²) in [6, 6.07) is 0. The summed E-state index contributed by atoms with van der Waals surface area (Å²) in [6.45, 7) is 5.65. The smallest absolute Gasteiger partial charge is 0.335 e. The molecule has 3 N–H and O–H groups in total. The number of unbranched alkanes of at least 4 members (excludes halogenated alkanes) is 13. The Labute approximate surface area is 440 Å². The third-order valence-electron chi connectivity index (χ3n) is 11.8. The first-order chi connectivity index (χ1) is 35.6. The van der Waals surface area contributed by atoms with E-state index in [1.54, 1.807) is 0 Å². The molecular weight excluding hydrogens is 925 g/mol. The standard InChI is InChI=1S/C61H96O12/c1-4-7-10-13-16-19-22-24-26-27-29-31-34-37-40-43-46-49-55(64)72-59-57(66)56(65)58(60(67)68)73-61(59)70-51-52(71-54(63)48-45-42-39-36-32-21-18-15-12-9-6-3)50-69-53(62)47-44-41-38-35-33-30-28-25-23-20-17-14-11-8-5-2/h7-8,10-11,15-20,24-26,28-29,31,37,40,52,56-59,61,65-66H,4-6,9,12-14,21-23,27,30,32-36,38-39,41-51H2,1-3H3,(H,67,68)/b10-7-,11-8-,18-15-,19-16-,20-17-,26-24-,28-25-,31-29-,40-37-. The summed E-state index contributed by atoms with van der Waals surface area (Å²) in [5.74, 6) is -3.25. The maximum atomic E-state index is 13.1. The highest BCUT2D eigenvalue weighted by atomic mass is 16.7. The fraction of sp³-hybridized carbons (Fsp3) is 0.639. The van der Waals surface area contributed by atoms with E-state index in [1.165, 1.54) is 12.8 Å². The number of allylic oxidation sites excluding steroid dienone is 18. The van der Waals surface area contributed by atoms with Crippen molar-refractivity contribution in [2.45, 2.75) is 237 Å². The molecule has 0 aromatic rings. The van der Waals surface area contributed by atoms with E-state index in [0.29, 0.717) is 25.7 Å². The number of esters is 3. The summed E-state index contributed by atoms with van der Waals surface area (Å²) in [5.41, 5.74) is 0. The van der Waals surface area contributed by atoms with Crippen molar-refractivity contribution in [2.24, 2.45) is 0 Å². The van der Waals surface area contributed by atoms with Gasteiger partial charge in [-0.2, -0.15) is 0 Å². The van der Waals surface area contributed by atoms with Crippen LogP contribution in [-0.2, 0) is 42.9 Å². The summed E-state index contributed by atoms with van der Waals surface area (Å²) in [7, 11) is 0. The minimum atomic E-state index is -1.93. The van der Waals surface area contributed by atoms with Crippen LogP contribution in [-0.4, -0.2) is 89.2 Å². The van der Waals surface area contributed by atoms with Gasteiger partial charge in [0.1, 0.15) is 18.8 Å². The van der Waals surface area contributed by atoms with E-state index in [9.17, 15) is 34.5 Å². The molecule has 0 aromatic carbocycles. The van der Waals surface area contributed by atoms with Gasteiger partial charge < -0.3 is 39.0 Å². The van der Waals surface area contributed by atoms with Crippen molar-refractivity contribution in [2.75, 3.05) is 13.2 Å². The molecule has 1 aliphatic rings. The van der Waals surface area contributed by atoms with Crippen LogP contribution < -0.4 is 0 Å². The Morgan fingerprint density at radius 1 is 0.466 bits per heavy atom. The summed E-state index contributed by atoms with van der Waals surface area (Å²) >= 11 is 0. The molecule has 6 atom stereocenters. The first-order valence-corrected chi connectivity index (χ1v) is 27.9. The maximum Gasteiger partial charge on any atom is 0.335 e. The van der Waals surface area contributed by atoms with Crippen LogP contribution in [0.4, 0.5) is 0 Å². The van der Waals surface area contributed by atoms with Gasteiger partial charge in [-0.3, -0.25) is 14.4 Å². The van der Waals surface area contributed by atoms with Crippen molar-refractivity contribution in [1.29, 1.82) is 0 Å². The molecule has 1 rings (SSSR count). The molecule has 0 saturated carbocycles. The van der Waals surface area contributed by atoms with Gasteiger partial charge in [-0.05, 0) is 109 Å². The Hall–Kier alpha value is -4.62. The SMILES string of the molecule is CC/C=C\C/C=C\C/C=C\C/C=C\C/C=C\CCCC(=O)OC1C(OCC(COC(=O)CCCCCCC/C=C\C/C=C\C/C=C\CC)OC(=O)CCCCCCC/C=C\CCCC)OC(C(=O)O)C(O)C1O. The molecule has 1 fully saturated rings. The first kappa shape index (κ1) is 66.4. The van der Waals surface area contributed by atoms with E-state index >= 15 is 0 Å². The Morgan fingerprint density at radius 3 is 1.37 bits per heavy atom. The summed E-state index contributed by atoms with van der Waals surface area (Å²) < 4.78 is 28.3. The molecule has 0 amide bonds. The van der Waals surface area contributed by atoms with Gasteiger partial charge in [0.2, 0.25) is 0 Å². The van der Waals surface area contributed by atoms with Crippen molar-refractivity contribution in [3.05, 3.63) is 109 Å². The fourth-order valence-electron chi connectivity index (χ4n) is 7.57. The molecule has 1 saturated heterocycles. The van der Waals surface area contributed by atoms with E-state index in [1.807, 2.05) is 12.2 Å². The summed E-state index contributed by atoms with van der Waals surface area (Å²) in [4.78, 5) is 51.0. The monoisotopic (exact) mass is 1020 g/mol. The zero-order valence-electron chi connectivity index (χ0n) is 45.1. The third-order valence-corrected chi connectivity index (χ3v) is 11.8. The number of carboxylic acid groups (broad SMARTS) is 1. The molecule has 0 aliphatic carbocycles. The van der Waals surface area contributed by atoms with E-state index in [4.69, 9.17) is 23.7 Å². The molecule has 412 valence electrons. The van der Waals surface area contributed by atoms with Crippen LogP contribution in [0.1, 0.15) is 201 Å². The van der Waals surface area contributed by atoms with Gasteiger partial charge in [0.15, 0.2) is 24.6 Å². The van der Waals surface area contributed by atoms with Crippen LogP contribution in [0.2, 0.25) is 0 Å². The van der Waals surface area contributed by atoms with Crippen molar-refractivity contribution in [3.8, 4) is 0 Å². The summed E-state index contributed by atoms with van der Waals surface area (Å²) in [5, 5.41) is 31.4.